The van der Waals surface area contributed by atoms with Gasteiger partial charge in [0.15, 0.2) is 0 Å². The van der Waals surface area contributed by atoms with Crippen LogP contribution in [0.1, 0.15) is 26.6 Å². The summed E-state index contributed by atoms with van der Waals surface area (Å²) in [5.41, 5.74) is 1.30. The van der Waals surface area contributed by atoms with Crippen LogP contribution in [0.4, 0.5) is 4.39 Å². The first-order valence-corrected chi connectivity index (χ1v) is 11.0. The maximum absolute atomic E-state index is 13.2. The molecule has 5 nitrogen and oxygen atoms in total. The number of aromatic amines is 1. The molecule has 0 saturated heterocycles. The van der Waals surface area contributed by atoms with E-state index in [0.717, 1.165) is 11.1 Å². The maximum Gasteiger partial charge on any atom is 0.260 e. The van der Waals surface area contributed by atoms with E-state index in [-0.39, 0.29) is 23.3 Å². The van der Waals surface area contributed by atoms with E-state index in [9.17, 15) is 14.0 Å². The second-order valence-corrected chi connectivity index (χ2v) is 8.79. The van der Waals surface area contributed by atoms with Gasteiger partial charge >= 0.3 is 0 Å². The Morgan fingerprint density at radius 1 is 1.29 bits per heavy atom. The van der Waals surface area contributed by atoms with E-state index in [1.807, 2.05) is 12.3 Å². The number of fused-ring (bicyclic) bond motifs is 1. The first-order valence-electron chi connectivity index (χ1n) is 8.98. The van der Waals surface area contributed by atoms with Gasteiger partial charge in [0.2, 0.25) is 5.91 Å². The monoisotopic (exact) mass is 419 g/mol. The van der Waals surface area contributed by atoms with Gasteiger partial charge in [-0.2, -0.15) is 0 Å². The Morgan fingerprint density at radius 3 is 2.68 bits per heavy atom. The van der Waals surface area contributed by atoms with Gasteiger partial charge in [-0.3, -0.25) is 9.59 Å². The molecule has 0 fully saturated rings. The van der Waals surface area contributed by atoms with Crippen molar-refractivity contribution >= 4 is 39.2 Å². The molecule has 0 radical (unpaired) electrons. The van der Waals surface area contributed by atoms with Gasteiger partial charge in [-0.25, -0.2) is 9.37 Å². The lowest BCUT2D eigenvalue weighted by atomic mass is 10.1. The number of nitrogens with zero attached hydrogens (tertiary/aromatic N) is 1. The zero-order valence-corrected chi connectivity index (χ0v) is 17.5. The van der Waals surface area contributed by atoms with Crippen LogP contribution in [-0.4, -0.2) is 27.7 Å². The second kappa shape index (κ2) is 8.87. The summed E-state index contributed by atoms with van der Waals surface area (Å²) < 4.78 is 13.2. The van der Waals surface area contributed by atoms with Crippen LogP contribution in [-0.2, 0) is 10.5 Å². The fourth-order valence-electron chi connectivity index (χ4n) is 2.61. The molecule has 2 N–H and O–H groups in total. The number of carbonyl (C=O) groups is 1. The second-order valence-electron chi connectivity index (χ2n) is 6.94. The zero-order chi connectivity index (χ0) is 20.3. The van der Waals surface area contributed by atoms with Crippen molar-refractivity contribution in [1.82, 2.24) is 15.3 Å². The minimum Gasteiger partial charge on any atom is -0.353 e. The van der Waals surface area contributed by atoms with Gasteiger partial charge in [0.1, 0.15) is 16.5 Å². The lowest BCUT2D eigenvalue weighted by Gasteiger charge is -2.17. The molecule has 0 aliphatic rings. The average Bonchev–Trinajstić information content (AvgIpc) is 3.06. The van der Waals surface area contributed by atoms with E-state index in [1.54, 1.807) is 12.1 Å². The Hall–Kier alpha value is -2.19. The minimum absolute atomic E-state index is 0.0238. The largest absolute Gasteiger partial charge is 0.353 e. The molecule has 0 aliphatic heterocycles. The molecule has 3 aromatic rings. The van der Waals surface area contributed by atoms with Crippen molar-refractivity contribution in [3.05, 3.63) is 51.6 Å². The Labute approximate surface area is 170 Å². The number of aromatic nitrogens is 2. The molecular weight excluding hydrogens is 397 g/mol. The summed E-state index contributed by atoms with van der Waals surface area (Å²) in [5, 5.41) is 5.32. The summed E-state index contributed by atoms with van der Waals surface area (Å²) in [6.45, 7) is 6.10. The Balaban J connectivity index is 1.70. The molecule has 1 aromatic carbocycles. The topological polar surface area (TPSA) is 74.8 Å². The number of thiophene rings is 1. The van der Waals surface area contributed by atoms with Crippen molar-refractivity contribution in [3.63, 3.8) is 0 Å². The maximum atomic E-state index is 13.2. The average molecular weight is 420 g/mol. The highest BCUT2D eigenvalue weighted by molar-refractivity contribution is 7.99. The molecule has 2 heterocycles. The van der Waals surface area contributed by atoms with Crippen LogP contribution in [0, 0.1) is 11.7 Å². The number of nitrogens with one attached hydrogen (secondary N) is 2. The molecule has 28 heavy (non-hydrogen) atoms. The van der Waals surface area contributed by atoms with Gasteiger partial charge in [0.05, 0.1) is 16.9 Å². The normalized spacial score (nSPS) is 12.5. The van der Waals surface area contributed by atoms with Crippen LogP contribution < -0.4 is 10.9 Å². The molecule has 0 aliphatic carbocycles. The van der Waals surface area contributed by atoms with E-state index in [4.69, 9.17) is 0 Å². The van der Waals surface area contributed by atoms with Crippen molar-refractivity contribution in [1.29, 1.82) is 0 Å². The number of rotatable bonds is 7. The number of halogens is 1. The van der Waals surface area contributed by atoms with E-state index >= 15 is 0 Å². The van der Waals surface area contributed by atoms with Gasteiger partial charge in [-0.1, -0.05) is 26.0 Å². The van der Waals surface area contributed by atoms with Crippen molar-refractivity contribution in [2.75, 3.05) is 5.75 Å². The summed E-state index contributed by atoms with van der Waals surface area (Å²) >= 11 is 2.79. The van der Waals surface area contributed by atoms with Gasteiger partial charge < -0.3 is 10.3 Å². The van der Waals surface area contributed by atoms with Crippen molar-refractivity contribution in [2.24, 2.45) is 5.92 Å². The molecule has 0 saturated carbocycles. The van der Waals surface area contributed by atoms with Crippen LogP contribution in [0.15, 0.2) is 34.4 Å². The highest BCUT2D eigenvalue weighted by Gasteiger charge is 2.14. The SMILES string of the molecule is CC(C)[C@H](C)NC(=O)CSCc1nc2scc(-c3ccc(F)cc3)c2c(=O)[nH]1. The van der Waals surface area contributed by atoms with E-state index in [2.05, 4.69) is 29.1 Å². The number of hydrogen-bond donors (Lipinski definition) is 2. The first-order chi connectivity index (χ1) is 13.3. The third-order valence-corrected chi connectivity index (χ3v) is 6.32. The molecule has 148 valence electrons. The van der Waals surface area contributed by atoms with Gasteiger partial charge in [-0.15, -0.1) is 23.1 Å². The van der Waals surface area contributed by atoms with Gasteiger partial charge in [0, 0.05) is 17.0 Å². The fourth-order valence-corrected chi connectivity index (χ4v) is 4.27. The quantitative estimate of drug-likeness (QED) is 0.602. The van der Waals surface area contributed by atoms with Crippen molar-refractivity contribution in [3.8, 4) is 11.1 Å². The molecule has 0 bridgehead atoms. The zero-order valence-electron chi connectivity index (χ0n) is 15.9. The molecule has 3 rings (SSSR count). The van der Waals surface area contributed by atoms with Gasteiger partial charge in [-0.05, 0) is 30.5 Å². The lowest BCUT2D eigenvalue weighted by Crippen LogP contribution is -2.37. The van der Waals surface area contributed by atoms with Crippen molar-refractivity contribution in [2.45, 2.75) is 32.6 Å². The Bertz CT molecular complexity index is 1030. The summed E-state index contributed by atoms with van der Waals surface area (Å²) in [6.07, 6.45) is 0. The summed E-state index contributed by atoms with van der Waals surface area (Å²) in [5.74, 6) is 1.33. The van der Waals surface area contributed by atoms with Crippen LogP contribution in [0.5, 0.6) is 0 Å². The fraction of sp³-hybridized carbons (Fsp3) is 0.350. The summed E-state index contributed by atoms with van der Waals surface area (Å²) in [7, 11) is 0. The molecule has 1 amide bonds. The van der Waals surface area contributed by atoms with Crippen molar-refractivity contribution < 1.29 is 9.18 Å². The summed E-state index contributed by atoms with van der Waals surface area (Å²) in [6, 6.07) is 6.17. The number of benzene rings is 1. The number of amides is 1. The highest BCUT2D eigenvalue weighted by Crippen LogP contribution is 2.31. The van der Waals surface area contributed by atoms with Crippen LogP contribution >= 0.6 is 23.1 Å². The molecule has 8 heteroatoms. The first kappa shape index (κ1) is 20.5. The molecule has 1 atom stereocenters. The minimum atomic E-state index is -0.318. The number of H-pyrrole nitrogens is 1. The third kappa shape index (κ3) is 4.80. The lowest BCUT2D eigenvalue weighted by molar-refractivity contribution is -0.119. The standard InChI is InChI=1S/C20H22FN3O2S2/c1-11(2)12(3)22-17(25)10-27-9-16-23-19(26)18-15(8-28-20(18)24-16)13-4-6-14(21)7-5-13/h4-8,11-12H,9-10H2,1-3H3,(H,22,25)(H,23,24,26)/t12-/m0/s1. The van der Waals surface area contributed by atoms with Crippen LogP contribution in [0.3, 0.4) is 0 Å². The van der Waals surface area contributed by atoms with E-state index in [0.29, 0.717) is 33.5 Å². The van der Waals surface area contributed by atoms with Crippen LogP contribution in [0.25, 0.3) is 21.3 Å². The Kier molecular flexibility index (Phi) is 6.51. The molecule has 0 unspecified atom stereocenters. The van der Waals surface area contributed by atoms with Crippen LogP contribution in [0.2, 0.25) is 0 Å². The third-order valence-electron chi connectivity index (χ3n) is 4.51. The predicted octanol–water partition coefficient (Wildman–Crippen LogP) is 4.18. The smallest absolute Gasteiger partial charge is 0.260 e. The Morgan fingerprint density at radius 2 is 2.00 bits per heavy atom. The predicted molar refractivity (Wildman–Crippen MR) is 114 cm³/mol. The highest BCUT2D eigenvalue weighted by atomic mass is 32.2. The summed E-state index contributed by atoms with van der Waals surface area (Å²) in [4.78, 5) is 32.5. The number of hydrogen-bond acceptors (Lipinski definition) is 5. The molecular formula is C20H22FN3O2S2. The van der Waals surface area contributed by atoms with E-state index < -0.39 is 0 Å². The van der Waals surface area contributed by atoms with E-state index in [1.165, 1.54) is 35.2 Å². The molecule has 0 spiro atoms. The number of carbonyl (C=O) groups excluding carboxylic acids is 1. The van der Waals surface area contributed by atoms with Gasteiger partial charge in [0.25, 0.3) is 5.56 Å². The number of thioether (sulfide) groups is 1. The molecule has 2 aromatic heterocycles.